The van der Waals surface area contributed by atoms with Gasteiger partial charge < -0.3 is 49.6 Å². The molecule has 3 aromatic heterocycles. The molecule has 0 spiro atoms. The number of rotatable bonds is 11. The Morgan fingerprint density at radius 1 is 0.712 bits per heavy atom. The summed E-state index contributed by atoms with van der Waals surface area (Å²) in [6.45, 7) is 10.8. The van der Waals surface area contributed by atoms with Crippen molar-refractivity contribution < 1.29 is 33.4 Å². The molecular formula is C50H57N9O7. The second-order valence-corrected chi connectivity index (χ2v) is 18.3. The van der Waals surface area contributed by atoms with Crippen LogP contribution in [0.25, 0.3) is 44.7 Å². The molecule has 3 aliphatic rings. The van der Waals surface area contributed by atoms with Crippen molar-refractivity contribution in [2.45, 2.75) is 90.6 Å². The van der Waals surface area contributed by atoms with E-state index < -0.39 is 30.4 Å². The first-order valence-electron chi connectivity index (χ1n) is 22.8. The van der Waals surface area contributed by atoms with Gasteiger partial charge in [0.25, 0.3) is 0 Å². The monoisotopic (exact) mass is 895 g/mol. The van der Waals surface area contributed by atoms with E-state index in [-0.39, 0.29) is 35.7 Å². The highest BCUT2D eigenvalue weighted by Gasteiger charge is 2.39. The molecule has 0 bridgehead atoms. The van der Waals surface area contributed by atoms with Crippen LogP contribution in [-0.4, -0.2) is 98.1 Å². The van der Waals surface area contributed by atoms with Crippen LogP contribution in [0.4, 0.5) is 9.59 Å². The number of nitrogens with one attached hydrogen (secondary N) is 5. The first-order valence-corrected chi connectivity index (χ1v) is 22.8. The van der Waals surface area contributed by atoms with Gasteiger partial charge in [0.1, 0.15) is 29.5 Å². The van der Waals surface area contributed by atoms with Gasteiger partial charge in [-0.25, -0.2) is 19.6 Å². The van der Waals surface area contributed by atoms with Gasteiger partial charge in [-0.2, -0.15) is 0 Å². The number of H-pyrrole nitrogens is 3. The lowest BCUT2D eigenvalue weighted by molar-refractivity contribution is -0.136. The number of ether oxygens (including phenoxy) is 3. The minimum absolute atomic E-state index is 0.132. The second-order valence-electron chi connectivity index (χ2n) is 18.3. The Kier molecular flexibility index (Phi) is 12.1. The zero-order valence-corrected chi connectivity index (χ0v) is 38.4. The maximum absolute atomic E-state index is 13.8. The van der Waals surface area contributed by atoms with Crippen LogP contribution in [0.2, 0.25) is 0 Å². The average Bonchev–Trinajstić information content (AvgIpc) is 4.18. The van der Waals surface area contributed by atoms with Crippen molar-refractivity contribution >= 4 is 34.9 Å². The van der Waals surface area contributed by atoms with Crippen LogP contribution >= 0.6 is 0 Å². The van der Waals surface area contributed by atoms with Crippen molar-refractivity contribution in [2.75, 3.05) is 27.3 Å². The van der Waals surface area contributed by atoms with E-state index >= 15 is 0 Å². The first-order chi connectivity index (χ1) is 31.8. The smallest absolute Gasteiger partial charge is 0.407 e. The number of fused-ring (bicyclic) bond motifs is 5. The van der Waals surface area contributed by atoms with Crippen LogP contribution in [0.5, 0.6) is 5.75 Å². The molecule has 0 radical (unpaired) electrons. The molecule has 344 valence electrons. The first kappa shape index (κ1) is 44.1. The second kappa shape index (κ2) is 18.1. The largest absolute Gasteiger partial charge is 0.480 e. The molecule has 6 heterocycles. The highest BCUT2D eigenvalue weighted by Crippen LogP contribution is 2.49. The molecule has 6 aromatic rings. The minimum Gasteiger partial charge on any atom is -0.480 e. The van der Waals surface area contributed by atoms with Gasteiger partial charge in [-0.15, -0.1) is 0 Å². The molecule has 4 amide bonds. The summed E-state index contributed by atoms with van der Waals surface area (Å²) in [5, 5.41) is 6.45. The maximum Gasteiger partial charge on any atom is 0.407 e. The zero-order chi connectivity index (χ0) is 46.4. The summed E-state index contributed by atoms with van der Waals surface area (Å²) in [6.07, 6.45) is 5.05. The molecule has 9 rings (SSSR count). The van der Waals surface area contributed by atoms with Crippen LogP contribution in [0.3, 0.4) is 0 Å². The number of nitrogens with zero attached hydrogens (tertiary/aromatic N) is 4. The van der Waals surface area contributed by atoms with Crippen molar-refractivity contribution in [3.63, 3.8) is 0 Å². The molecular weight excluding hydrogens is 839 g/mol. The number of hydrogen-bond acceptors (Lipinski definition) is 9. The predicted octanol–water partition coefficient (Wildman–Crippen LogP) is 8.49. The van der Waals surface area contributed by atoms with E-state index in [1.807, 2.05) is 49.8 Å². The highest BCUT2D eigenvalue weighted by atomic mass is 16.5. The lowest BCUT2D eigenvalue weighted by Crippen LogP contribution is -2.51. The Bertz CT molecular complexity index is 2790. The summed E-state index contributed by atoms with van der Waals surface area (Å²) >= 11 is 0. The molecule has 2 saturated heterocycles. The van der Waals surface area contributed by atoms with E-state index in [4.69, 9.17) is 24.2 Å². The van der Waals surface area contributed by atoms with Crippen LogP contribution in [-0.2, 0) is 19.1 Å². The third-order valence-electron chi connectivity index (χ3n) is 13.3. The van der Waals surface area contributed by atoms with E-state index in [0.717, 1.165) is 92.8 Å². The van der Waals surface area contributed by atoms with Crippen molar-refractivity contribution in [1.82, 2.24) is 45.4 Å². The van der Waals surface area contributed by atoms with Crippen LogP contribution < -0.4 is 15.4 Å². The number of hydrogen-bond donors (Lipinski definition) is 5. The Morgan fingerprint density at radius 2 is 1.24 bits per heavy atom. The van der Waals surface area contributed by atoms with Gasteiger partial charge in [0.2, 0.25) is 11.8 Å². The lowest BCUT2D eigenvalue weighted by atomic mass is 9.91. The number of amides is 4. The van der Waals surface area contributed by atoms with Crippen LogP contribution in [0.15, 0.2) is 73.1 Å². The summed E-state index contributed by atoms with van der Waals surface area (Å²) in [4.78, 5) is 75.8. The topological polar surface area (TPSA) is 200 Å². The van der Waals surface area contributed by atoms with Crippen molar-refractivity contribution in [3.8, 4) is 39.5 Å². The average molecular weight is 896 g/mol. The Balaban J connectivity index is 1.02. The fourth-order valence-electron chi connectivity index (χ4n) is 9.71. The maximum atomic E-state index is 13.8. The van der Waals surface area contributed by atoms with Gasteiger partial charge in [-0.3, -0.25) is 9.59 Å². The fraction of sp³-hybridized carbons (Fsp3) is 0.400. The summed E-state index contributed by atoms with van der Waals surface area (Å²) < 4.78 is 16.7. The van der Waals surface area contributed by atoms with E-state index in [0.29, 0.717) is 24.7 Å². The SMILES string of the molecule is COC(=O)NC(C(=O)N1CCC[C@H]1c1ncc(-c2ccc3c(c2)OC(c2ccc(C)cc2)c2c-3[nH]c3ccc(-c4cnc([C@@H]5CCCN5C(=O)C(NC(=O)OC)C(C)C)[nH]4)cc23)[nH]1)C(C)C. The van der Waals surface area contributed by atoms with Crippen LogP contribution in [0.1, 0.15) is 99.9 Å². The fourth-order valence-corrected chi connectivity index (χ4v) is 9.71. The minimum atomic E-state index is -0.722. The molecule has 66 heavy (non-hydrogen) atoms. The Labute approximate surface area is 383 Å². The summed E-state index contributed by atoms with van der Waals surface area (Å²) in [6, 6.07) is 18.9. The van der Waals surface area contributed by atoms with Crippen molar-refractivity contribution in [1.29, 1.82) is 0 Å². The summed E-state index contributed by atoms with van der Waals surface area (Å²) in [5.74, 6) is 1.52. The van der Waals surface area contributed by atoms with Gasteiger partial charge in [0.05, 0.1) is 55.8 Å². The number of carbonyl (C=O) groups excluding carboxylic acids is 4. The quantitative estimate of drug-likeness (QED) is 0.0846. The van der Waals surface area contributed by atoms with E-state index in [2.05, 4.69) is 87.1 Å². The van der Waals surface area contributed by atoms with Gasteiger partial charge in [-0.1, -0.05) is 69.7 Å². The number of alkyl carbamates (subject to hydrolysis) is 2. The molecule has 5 N–H and O–H groups in total. The molecule has 5 atom stereocenters. The molecule has 16 nitrogen and oxygen atoms in total. The third kappa shape index (κ3) is 8.24. The third-order valence-corrected chi connectivity index (χ3v) is 13.3. The number of likely N-dealkylation sites (tertiary alicyclic amines) is 2. The number of benzene rings is 3. The van der Waals surface area contributed by atoms with Crippen LogP contribution in [0, 0.1) is 18.8 Å². The van der Waals surface area contributed by atoms with Gasteiger partial charge in [0.15, 0.2) is 6.10 Å². The molecule has 3 unspecified atom stereocenters. The van der Waals surface area contributed by atoms with Gasteiger partial charge >= 0.3 is 12.2 Å². The van der Waals surface area contributed by atoms with Gasteiger partial charge in [-0.05, 0) is 74.3 Å². The molecule has 16 heteroatoms. The standard InChI is InChI=1S/C50H57N9O7/c1-26(2)41(56-49(62)64-6)47(60)58-20-8-10-37(58)45-51-24-35(54-45)30-17-19-34-33(22-30)40-43(53-34)32-18-16-31(23-39(32)66-44(40)29-14-12-28(5)13-15-29)36-25-52-46(55-36)38-11-9-21-59(38)48(61)42(27(3)4)57-50(63)65-7/h12-19,22-27,37-38,41-42,44,53H,8-11,20-21H2,1-7H3,(H,51,54)(H,52,55)(H,56,62)(H,57,63)/t37-,38-,41?,42?,44?/m0/s1. The Morgan fingerprint density at radius 3 is 1.77 bits per heavy atom. The predicted molar refractivity (Wildman–Crippen MR) is 248 cm³/mol. The molecule has 3 aromatic carbocycles. The van der Waals surface area contributed by atoms with Crippen molar-refractivity contribution in [2.24, 2.45) is 11.8 Å². The number of aryl methyl sites for hydroxylation is 1. The molecule has 3 aliphatic heterocycles. The zero-order valence-electron chi connectivity index (χ0n) is 38.4. The number of aromatic amines is 3. The van der Waals surface area contributed by atoms with Crippen molar-refractivity contribution in [3.05, 3.63) is 101 Å². The summed E-state index contributed by atoms with van der Waals surface area (Å²) in [5.41, 5.74) is 9.48. The Hall–Kier alpha value is -7.10. The molecule has 2 fully saturated rings. The highest BCUT2D eigenvalue weighted by molar-refractivity contribution is 5.96. The normalized spacial score (nSPS) is 18.8. The summed E-state index contributed by atoms with van der Waals surface area (Å²) in [7, 11) is 2.58. The van der Waals surface area contributed by atoms with Gasteiger partial charge in [0, 0.05) is 46.2 Å². The van der Waals surface area contributed by atoms with E-state index in [1.54, 1.807) is 6.20 Å². The van der Waals surface area contributed by atoms with E-state index in [1.165, 1.54) is 14.2 Å². The molecule has 0 aliphatic carbocycles. The molecule has 0 saturated carbocycles. The lowest BCUT2D eigenvalue weighted by Gasteiger charge is -2.30. The number of imidazole rings is 2. The van der Waals surface area contributed by atoms with E-state index in [9.17, 15) is 19.2 Å². The number of carbonyl (C=O) groups is 4. The number of aromatic nitrogens is 5. The number of methoxy groups -OCH3 is 2.